The predicted octanol–water partition coefficient (Wildman–Crippen LogP) is 7.82. The number of ketones is 1. The molecule has 0 amide bonds. The number of phenolic OH excluding ortho intramolecular Hbond substituents is 1. The largest absolute Gasteiger partial charge is 0.508 e. The fraction of sp³-hybridized carbons (Fsp3) is 0.643. The van der Waals surface area contributed by atoms with Gasteiger partial charge < -0.3 is 24.4 Å². The Bertz CT molecular complexity index is 1390. The van der Waals surface area contributed by atoms with E-state index in [1.165, 1.54) is 30.4 Å². The van der Waals surface area contributed by atoms with Gasteiger partial charge in [-0.1, -0.05) is 51.8 Å². The molecule has 6 atom stereocenters. The smallest absolute Gasteiger partial charge is 0.159 e. The monoisotopic (exact) mass is 673 g/mol. The Hall–Kier alpha value is -2.87. The van der Waals surface area contributed by atoms with Crippen molar-refractivity contribution in [3.05, 3.63) is 65.2 Å². The minimum atomic E-state index is 0.0795. The van der Waals surface area contributed by atoms with Crippen molar-refractivity contribution in [2.75, 3.05) is 71.5 Å². The number of aromatic hydroxyl groups is 1. The Kier molecular flexibility index (Phi) is 13.6. The van der Waals surface area contributed by atoms with Gasteiger partial charge in [0.2, 0.25) is 0 Å². The Morgan fingerprint density at radius 2 is 1.90 bits per heavy atom. The van der Waals surface area contributed by atoms with Crippen molar-refractivity contribution in [3.8, 4) is 11.5 Å². The molecule has 0 radical (unpaired) electrons. The Morgan fingerprint density at radius 3 is 2.57 bits per heavy atom. The highest BCUT2D eigenvalue weighted by atomic mass is 16.5. The van der Waals surface area contributed by atoms with E-state index < -0.39 is 0 Å². The van der Waals surface area contributed by atoms with Crippen molar-refractivity contribution in [1.29, 1.82) is 0 Å². The maximum Gasteiger partial charge on any atom is 0.159 e. The van der Waals surface area contributed by atoms with E-state index in [0.29, 0.717) is 42.1 Å². The number of anilines is 1. The summed E-state index contributed by atoms with van der Waals surface area (Å²) in [5.41, 5.74) is 4.24. The lowest BCUT2D eigenvalue weighted by molar-refractivity contribution is 0.0431. The highest BCUT2D eigenvalue weighted by Crippen LogP contribution is 2.44. The zero-order valence-corrected chi connectivity index (χ0v) is 31.2. The van der Waals surface area contributed by atoms with Crippen LogP contribution in [0.4, 0.5) is 5.69 Å². The molecule has 2 fully saturated rings. The highest BCUT2D eigenvalue weighted by molar-refractivity contribution is 5.95. The van der Waals surface area contributed by atoms with Crippen molar-refractivity contribution >= 4 is 11.5 Å². The molecule has 2 aliphatic heterocycles. The third-order valence-corrected chi connectivity index (χ3v) is 11.9. The number of nitrogens with zero attached hydrogens (tertiary/aromatic N) is 3. The summed E-state index contributed by atoms with van der Waals surface area (Å²) in [5.74, 6) is 3.90. The van der Waals surface area contributed by atoms with Gasteiger partial charge in [-0.25, -0.2) is 0 Å². The molecular weight excluding hydrogens is 610 g/mol. The second kappa shape index (κ2) is 17.9. The van der Waals surface area contributed by atoms with E-state index in [1.807, 2.05) is 31.4 Å². The lowest BCUT2D eigenvalue weighted by Gasteiger charge is -2.49. The number of carbonyl (C=O) groups excluding carboxylic acids is 1. The molecule has 0 aromatic heterocycles. The van der Waals surface area contributed by atoms with Crippen molar-refractivity contribution in [1.82, 2.24) is 9.80 Å². The number of allylic oxidation sites excluding steroid dienone is 1. The maximum atomic E-state index is 12.5. The van der Waals surface area contributed by atoms with E-state index in [9.17, 15) is 9.90 Å². The molecule has 49 heavy (non-hydrogen) atoms. The molecule has 2 aromatic rings. The van der Waals surface area contributed by atoms with Gasteiger partial charge in [-0.3, -0.25) is 9.69 Å². The number of likely N-dealkylation sites (N-methyl/N-ethyl adjacent to an activating group) is 1. The number of hydrogen-bond acceptors (Lipinski definition) is 7. The molecule has 0 bridgehead atoms. The summed E-state index contributed by atoms with van der Waals surface area (Å²) in [6.45, 7) is 16.2. The molecule has 0 spiro atoms. The van der Waals surface area contributed by atoms with E-state index in [2.05, 4.69) is 66.8 Å². The minimum Gasteiger partial charge on any atom is -0.508 e. The molecular formula is C42H63N3O4. The Labute approximate surface area is 296 Å². The van der Waals surface area contributed by atoms with Gasteiger partial charge in [-0.05, 0) is 111 Å². The summed E-state index contributed by atoms with van der Waals surface area (Å²) in [6.07, 6.45) is 12.9. The number of phenols is 1. The normalized spacial score (nSPS) is 23.7. The number of benzene rings is 2. The van der Waals surface area contributed by atoms with Crippen LogP contribution in [0.2, 0.25) is 0 Å². The van der Waals surface area contributed by atoms with E-state index in [4.69, 9.17) is 9.47 Å². The number of aryl methyl sites for hydroxylation is 1. The molecule has 7 heteroatoms. The maximum absolute atomic E-state index is 12.5. The molecule has 270 valence electrons. The van der Waals surface area contributed by atoms with Crippen LogP contribution in [-0.2, 0) is 11.2 Å². The van der Waals surface area contributed by atoms with Crippen molar-refractivity contribution < 1.29 is 19.4 Å². The zero-order valence-electron chi connectivity index (χ0n) is 31.2. The number of methoxy groups -OCH3 is 1. The van der Waals surface area contributed by atoms with Crippen LogP contribution in [0.5, 0.6) is 11.5 Å². The standard InChI is InChI=1S/C42H63N3O4/c1-7-10-34-25-37(47)15-17-38(34)36-28-45(41-26-33(31(4)46)14-18-42(41)49-29-36)27-35-13-16-39(35)40(44-22-20-43(5)21-23-44)12-9-11-30(3)32(8-2)19-24-48-6/h9,12,14-15,17-18,25-26,30,32,35-36,39-40,47H,7-8,10-11,13,16,19-24,27-29H2,1-6H3/b12-9+. The molecule has 2 aromatic carbocycles. The number of ether oxygens (including phenoxy) is 2. The van der Waals surface area contributed by atoms with Crippen molar-refractivity contribution in [2.24, 2.45) is 23.7 Å². The lowest BCUT2D eigenvalue weighted by atomic mass is 9.68. The summed E-state index contributed by atoms with van der Waals surface area (Å²) in [7, 11) is 4.05. The summed E-state index contributed by atoms with van der Waals surface area (Å²) in [5, 5.41) is 10.3. The van der Waals surface area contributed by atoms with Gasteiger partial charge in [0.25, 0.3) is 0 Å². The third-order valence-electron chi connectivity index (χ3n) is 11.9. The van der Waals surface area contributed by atoms with Crippen LogP contribution in [0.25, 0.3) is 0 Å². The van der Waals surface area contributed by atoms with Gasteiger partial charge in [0.15, 0.2) is 5.78 Å². The van der Waals surface area contributed by atoms with Crippen LogP contribution >= 0.6 is 0 Å². The Morgan fingerprint density at radius 1 is 1.10 bits per heavy atom. The summed E-state index contributed by atoms with van der Waals surface area (Å²) in [6, 6.07) is 12.3. The predicted molar refractivity (Wildman–Crippen MR) is 201 cm³/mol. The van der Waals surface area contributed by atoms with Crippen LogP contribution in [-0.4, -0.2) is 93.4 Å². The molecule has 1 saturated carbocycles. The topological polar surface area (TPSA) is 65.5 Å². The first-order chi connectivity index (χ1) is 23.7. The van der Waals surface area contributed by atoms with Crippen molar-refractivity contribution in [2.45, 2.75) is 84.6 Å². The fourth-order valence-electron chi connectivity index (χ4n) is 8.55. The summed E-state index contributed by atoms with van der Waals surface area (Å²) < 4.78 is 12.0. The Balaban J connectivity index is 1.40. The van der Waals surface area contributed by atoms with Crippen molar-refractivity contribution in [3.63, 3.8) is 0 Å². The number of carbonyl (C=O) groups is 1. The van der Waals surface area contributed by atoms with Crippen LogP contribution in [0, 0.1) is 23.7 Å². The van der Waals surface area contributed by atoms with E-state index in [-0.39, 0.29) is 11.7 Å². The van der Waals surface area contributed by atoms with Crippen LogP contribution in [0.15, 0.2) is 48.6 Å². The van der Waals surface area contributed by atoms with Gasteiger partial charge in [-0.2, -0.15) is 0 Å². The average molecular weight is 674 g/mol. The number of fused-ring (bicyclic) bond motifs is 1. The molecule has 7 nitrogen and oxygen atoms in total. The lowest BCUT2D eigenvalue weighted by Crippen LogP contribution is -2.54. The van der Waals surface area contributed by atoms with E-state index in [0.717, 1.165) is 88.6 Å². The summed E-state index contributed by atoms with van der Waals surface area (Å²) in [4.78, 5) is 20.3. The van der Waals surface area contributed by atoms with Crippen LogP contribution < -0.4 is 9.64 Å². The van der Waals surface area contributed by atoms with Gasteiger partial charge in [0.1, 0.15) is 11.5 Å². The van der Waals surface area contributed by atoms with Gasteiger partial charge >= 0.3 is 0 Å². The first-order valence-corrected chi connectivity index (χ1v) is 19.1. The first kappa shape index (κ1) is 37.4. The SMILES string of the molecule is CCCc1cc(O)ccc1C1COc2ccc(C(C)=O)cc2N(CC2CCC2C(/C=C/CC(C)C(CC)CCOC)N2CCN(C)CC2)C1. The van der Waals surface area contributed by atoms with Gasteiger partial charge in [0.05, 0.1) is 12.3 Å². The molecule has 5 rings (SSSR count). The zero-order chi connectivity index (χ0) is 34.9. The van der Waals surface area contributed by atoms with Gasteiger partial charge in [-0.15, -0.1) is 0 Å². The molecule has 1 aliphatic carbocycles. The van der Waals surface area contributed by atoms with E-state index in [1.54, 1.807) is 6.92 Å². The number of piperazine rings is 1. The third kappa shape index (κ3) is 9.47. The fourth-order valence-corrected chi connectivity index (χ4v) is 8.55. The molecule has 2 heterocycles. The van der Waals surface area contributed by atoms with Crippen LogP contribution in [0.1, 0.15) is 93.6 Å². The number of Topliss-reactive ketones (excluding diaryl/α,β-unsaturated/α-hetero) is 1. The van der Waals surface area contributed by atoms with Gasteiger partial charge in [0, 0.05) is 70.5 Å². The summed E-state index contributed by atoms with van der Waals surface area (Å²) >= 11 is 0. The average Bonchev–Trinajstić information content (AvgIpc) is 3.26. The minimum absolute atomic E-state index is 0.0795. The second-order valence-electron chi connectivity index (χ2n) is 15.2. The van der Waals surface area contributed by atoms with E-state index >= 15 is 0 Å². The first-order valence-electron chi connectivity index (χ1n) is 19.1. The molecule has 3 aliphatic rings. The molecule has 6 unspecified atom stereocenters. The second-order valence-corrected chi connectivity index (χ2v) is 15.2. The quantitative estimate of drug-likeness (QED) is 0.144. The molecule has 1 saturated heterocycles. The number of rotatable bonds is 16. The highest BCUT2D eigenvalue weighted by Gasteiger charge is 2.41. The van der Waals surface area contributed by atoms with Crippen LogP contribution in [0.3, 0.4) is 0 Å². The molecule has 1 N–H and O–H groups in total. The number of hydrogen-bond donors (Lipinski definition) is 1.